The van der Waals surface area contributed by atoms with Gasteiger partial charge in [0.2, 0.25) is 10.0 Å². The number of nitrogens with one attached hydrogen (secondary N) is 1. The summed E-state index contributed by atoms with van der Waals surface area (Å²) >= 11 is 0. The summed E-state index contributed by atoms with van der Waals surface area (Å²) in [5.41, 5.74) is 0. The molecule has 0 aromatic heterocycles. The molecule has 1 saturated heterocycles. The highest BCUT2D eigenvalue weighted by Gasteiger charge is 2.21. The summed E-state index contributed by atoms with van der Waals surface area (Å²) in [4.78, 5) is 2.14. The first-order valence-corrected chi connectivity index (χ1v) is 8.20. The van der Waals surface area contributed by atoms with E-state index in [4.69, 9.17) is 0 Å². The van der Waals surface area contributed by atoms with Crippen LogP contribution >= 0.6 is 0 Å². The summed E-state index contributed by atoms with van der Waals surface area (Å²) in [5, 5.41) is 0.192. The molecule has 1 heterocycles. The quantitative estimate of drug-likeness (QED) is 0.698. The van der Waals surface area contributed by atoms with Gasteiger partial charge in [-0.05, 0) is 6.92 Å². The molecule has 0 spiro atoms. The normalized spacial score (nSPS) is 29.2. The highest BCUT2D eigenvalue weighted by Crippen LogP contribution is 2.06. The van der Waals surface area contributed by atoms with Gasteiger partial charge in [-0.3, -0.25) is 9.11 Å². The van der Waals surface area contributed by atoms with Gasteiger partial charge < -0.3 is 0 Å². The van der Waals surface area contributed by atoms with Crippen LogP contribution in [0.4, 0.5) is 0 Å². The molecule has 0 saturated carbocycles. The summed E-state index contributed by atoms with van der Waals surface area (Å²) < 4.78 is 35.4. The molecule has 1 aliphatic rings. The van der Waals surface area contributed by atoms with Crippen molar-refractivity contribution in [2.45, 2.75) is 12.2 Å². The molecule has 0 aromatic carbocycles. The highest BCUT2D eigenvalue weighted by molar-refractivity contribution is 7.88. The second-order valence-electron chi connectivity index (χ2n) is 3.86. The molecular formula is C8H18N2O3S2. The van der Waals surface area contributed by atoms with Crippen LogP contribution < -0.4 is 4.72 Å². The number of nitrogens with zero attached hydrogens (tertiary/aromatic N) is 1. The van der Waals surface area contributed by atoms with Crippen molar-refractivity contribution in [1.29, 1.82) is 0 Å². The van der Waals surface area contributed by atoms with E-state index < -0.39 is 20.8 Å². The maximum atomic E-state index is 11.3. The maximum absolute atomic E-state index is 11.3. The van der Waals surface area contributed by atoms with Gasteiger partial charge in [-0.15, -0.1) is 0 Å². The van der Waals surface area contributed by atoms with Crippen molar-refractivity contribution in [2.24, 2.45) is 0 Å². The van der Waals surface area contributed by atoms with E-state index in [-0.39, 0.29) is 5.25 Å². The molecule has 7 heteroatoms. The third kappa shape index (κ3) is 5.05. The lowest BCUT2D eigenvalue weighted by atomic mass is 10.4. The van der Waals surface area contributed by atoms with Gasteiger partial charge in [-0.2, -0.15) is 0 Å². The molecule has 0 aliphatic carbocycles. The van der Waals surface area contributed by atoms with E-state index in [0.717, 1.165) is 19.3 Å². The predicted octanol–water partition coefficient (Wildman–Crippen LogP) is -1.01. The molecule has 90 valence electrons. The average molecular weight is 254 g/mol. The zero-order valence-corrected chi connectivity index (χ0v) is 10.7. The highest BCUT2D eigenvalue weighted by atomic mass is 32.2. The van der Waals surface area contributed by atoms with Crippen LogP contribution in [0, 0.1) is 0 Å². The molecular weight excluding hydrogens is 236 g/mol. The first-order valence-electron chi connectivity index (χ1n) is 4.92. The number of hydrogen-bond donors (Lipinski definition) is 1. The standard InChI is InChI=1S/C8H18N2O3S2/c1-8-7-10(5-6-14(8)11)4-3-9-15(2,12)13/h8-9H,3-7H2,1-2H3. The number of hydrogen-bond acceptors (Lipinski definition) is 4. The molecule has 1 rings (SSSR count). The summed E-state index contributed by atoms with van der Waals surface area (Å²) in [6, 6.07) is 0. The van der Waals surface area contributed by atoms with Gasteiger partial charge in [0.25, 0.3) is 0 Å². The fraction of sp³-hybridized carbons (Fsp3) is 1.00. The lowest BCUT2D eigenvalue weighted by molar-refractivity contribution is 0.287. The number of rotatable bonds is 4. The van der Waals surface area contributed by atoms with Crippen LogP contribution in [0.5, 0.6) is 0 Å². The average Bonchev–Trinajstić information content (AvgIpc) is 2.09. The zero-order chi connectivity index (χ0) is 11.5. The van der Waals surface area contributed by atoms with Crippen LogP contribution in [-0.4, -0.2) is 61.0 Å². The zero-order valence-electron chi connectivity index (χ0n) is 9.10. The molecule has 2 atom stereocenters. The van der Waals surface area contributed by atoms with Gasteiger partial charge in [-0.25, -0.2) is 13.1 Å². The third-order valence-corrected chi connectivity index (χ3v) is 4.73. The first-order chi connectivity index (χ1) is 6.88. The van der Waals surface area contributed by atoms with E-state index in [1.807, 2.05) is 6.92 Å². The Morgan fingerprint density at radius 3 is 2.73 bits per heavy atom. The number of sulfonamides is 1. The lowest BCUT2D eigenvalue weighted by Gasteiger charge is -2.30. The molecule has 1 aliphatic heterocycles. The van der Waals surface area contributed by atoms with Gasteiger partial charge in [-0.1, -0.05) is 0 Å². The Morgan fingerprint density at radius 2 is 2.20 bits per heavy atom. The van der Waals surface area contributed by atoms with Crippen molar-refractivity contribution in [3.05, 3.63) is 0 Å². The largest absolute Gasteiger partial charge is 0.300 e. The Balaban J connectivity index is 2.26. The van der Waals surface area contributed by atoms with Gasteiger partial charge in [0.15, 0.2) is 0 Å². The van der Waals surface area contributed by atoms with Crippen molar-refractivity contribution >= 4 is 20.8 Å². The smallest absolute Gasteiger partial charge is 0.208 e. The van der Waals surface area contributed by atoms with E-state index in [1.54, 1.807) is 0 Å². The minimum Gasteiger partial charge on any atom is -0.300 e. The van der Waals surface area contributed by atoms with Crippen molar-refractivity contribution in [3.8, 4) is 0 Å². The lowest BCUT2D eigenvalue weighted by Crippen LogP contribution is -2.45. The Morgan fingerprint density at radius 1 is 1.53 bits per heavy atom. The van der Waals surface area contributed by atoms with Crippen molar-refractivity contribution in [1.82, 2.24) is 9.62 Å². The van der Waals surface area contributed by atoms with Gasteiger partial charge in [0.1, 0.15) is 0 Å². The van der Waals surface area contributed by atoms with E-state index in [1.165, 1.54) is 0 Å². The van der Waals surface area contributed by atoms with Gasteiger partial charge in [0, 0.05) is 48.0 Å². The topological polar surface area (TPSA) is 66.5 Å². The molecule has 15 heavy (non-hydrogen) atoms. The summed E-state index contributed by atoms with van der Waals surface area (Å²) in [7, 11) is -3.79. The van der Waals surface area contributed by atoms with Crippen LogP contribution in [0.2, 0.25) is 0 Å². The summed E-state index contributed by atoms with van der Waals surface area (Å²) in [5.74, 6) is 0.694. The Labute approximate surface area is 93.7 Å². The van der Waals surface area contributed by atoms with Crippen LogP contribution in [-0.2, 0) is 20.8 Å². The third-order valence-electron chi connectivity index (χ3n) is 2.37. The molecule has 0 aromatic rings. The molecule has 0 amide bonds. The molecule has 1 N–H and O–H groups in total. The van der Waals surface area contributed by atoms with Gasteiger partial charge >= 0.3 is 0 Å². The van der Waals surface area contributed by atoms with Crippen LogP contribution in [0.1, 0.15) is 6.92 Å². The molecule has 0 bridgehead atoms. The Kier molecular flexibility index (Phi) is 4.69. The monoisotopic (exact) mass is 254 g/mol. The van der Waals surface area contributed by atoms with E-state index in [2.05, 4.69) is 9.62 Å². The van der Waals surface area contributed by atoms with E-state index >= 15 is 0 Å². The van der Waals surface area contributed by atoms with E-state index in [9.17, 15) is 12.6 Å². The minimum absolute atomic E-state index is 0.192. The van der Waals surface area contributed by atoms with Crippen LogP contribution in [0.25, 0.3) is 0 Å². The second-order valence-corrected chi connectivity index (χ2v) is 7.67. The van der Waals surface area contributed by atoms with Crippen LogP contribution in [0.3, 0.4) is 0 Å². The van der Waals surface area contributed by atoms with Crippen LogP contribution in [0.15, 0.2) is 0 Å². The van der Waals surface area contributed by atoms with Crippen molar-refractivity contribution < 1.29 is 12.6 Å². The molecule has 0 radical (unpaired) electrons. The first kappa shape index (κ1) is 13.1. The van der Waals surface area contributed by atoms with E-state index in [0.29, 0.717) is 18.8 Å². The summed E-state index contributed by atoms with van der Waals surface area (Å²) in [6.07, 6.45) is 1.15. The Hall–Kier alpha value is 0.0200. The molecule has 5 nitrogen and oxygen atoms in total. The molecule has 1 fully saturated rings. The van der Waals surface area contributed by atoms with Crippen molar-refractivity contribution in [2.75, 3.05) is 38.2 Å². The fourth-order valence-electron chi connectivity index (χ4n) is 1.55. The van der Waals surface area contributed by atoms with Gasteiger partial charge in [0.05, 0.1) is 6.26 Å². The fourth-order valence-corrected chi connectivity index (χ4v) is 3.23. The van der Waals surface area contributed by atoms with Crippen molar-refractivity contribution in [3.63, 3.8) is 0 Å². The predicted molar refractivity (Wildman–Crippen MR) is 61.8 cm³/mol. The Bertz CT molecular complexity index is 329. The summed E-state index contributed by atoms with van der Waals surface area (Å²) in [6.45, 7) is 4.67. The second kappa shape index (κ2) is 5.38. The maximum Gasteiger partial charge on any atom is 0.208 e. The molecule has 2 unspecified atom stereocenters. The minimum atomic E-state index is -3.09. The SMILES string of the molecule is CC1CN(CCNS(C)(=O)=O)CCS1=O.